The molecule has 0 radical (unpaired) electrons. The van der Waals surface area contributed by atoms with E-state index in [0.717, 1.165) is 19.3 Å². The molecule has 0 aliphatic carbocycles. The molecule has 0 aliphatic heterocycles. The predicted octanol–water partition coefficient (Wildman–Crippen LogP) is -1.18. The van der Waals surface area contributed by atoms with Crippen LogP contribution < -0.4 is 68.9 Å². The van der Waals surface area contributed by atoms with Gasteiger partial charge in [-0.15, -0.1) is 12.6 Å². The van der Waals surface area contributed by atoms with E-state index in [0.29, 0.717) is 6.42 Å². The molecule has 0 rings (SSSR count). The first-order valence-corrected chi connectivity index (χ1v) is 14.6. The predicted molar refractivity (Wildman–Crippen MR) is 162 cm³/mol. The van der Waals surface area contributed by atoms with Gasteiger partial charge < -0.3 is 28.3 Å². The Kier molecular flexibility index (Phi) is 39.0. The summed E-state index contributed by atoms with van der Waals surface area (Å²) in [6.07, 6.45) is 9.91. The van der Waals surface area contributed by atoms with Crippen molar-refractivity contribution in [2.75, 3.05) is 13.2 Å². The normalized spacial score (nSPS) is 9.71. The van der Waals surface area contributed by atoms with Crippen LogP contribution in [0.2, 0.25) is 0 Å². The first-order chi connectivity index (χ1) is 18.5. The van der Waals surface area contributed by atoms with E-state index in [-0.39, 0.29) is 80.6 Å². The number of phosphoric ester groups is 1. The van der Waals surface area contributed by atoms with Crippen LogP contribution in [-0.4, -0.2) is 36.4 Å². The standard InChI is InChI=1S/C26H35O8P.C2H4OS.2Na.7H2/c1-3-5-7-9-11-12-13-15-17-19-21-26(28)34-24(23-33-35(29,30)31)22-32-25(27)20-18-16-14-10-8-6-4-2;1-2(3)4;;;;;;;;;/h24H,3,5,7,9,11-13,15,17,19,21-23H2,1-2H3,(H2,29,30,31);1H3,(H,3,4);;;7*1H/q;;2*+1;;;;;;;/p-2/t24-;;;;;;;;;;/m1........../s1. The summed E-state index contributed by atoms with van der Waals surface area (Å²) in [6.45, 7) is 3.91. The van der Waals surface area contributed by atoms with Crippen LogP contribution in [0.5, 0.6) is 0 Å². The second-order valence-corrected chi connectivity index (χ2v) is 9.81. The van der Waals surface area contributed by atoms with Gasteiger partial charge in [-0.1, -0.05) is 70.6 Å². The smallest absolute Gasteiger partial charge is 0.790 e. The van der Waals surface area contributed by atoms with E-state index in [1.54, 1.807) is 6.92 Å². The molecule has 1 atom stereocenters. The SMILES string of the molecule is CC#CC#CC#CC#CC(=O)OC[C@H](COP(=O)([O-])[O-])OC(=O)CCCCCCCCCCCC.CC(=O)S.[HH].[HH].[HH].[HH].[HH].[HH].[HH].[Na+].[Na+]. The number of hydrogen-bond donors (Lipinski definition) is 1. The maximum atomic E-state index is 12.1. The summed E-state index contributed by atoms with van der Waals surface area (Å²) in [5.74, 6) is 17.3. The van der Waals surface area contributed by atoms with E-state index < -0.39 is 39.1 Å². The minimum absolute atomic E-state index is 0. The van der Waals surface area contributed by atoms with Crippen LogP contribution in [0.3, 0.4) is 0 Å². The molecule has 41 heavy (non-hydrogen) atoms. The number of thiol groups is 1. The molecule has 9 nitrogen and oxygen atoms in total. The van der Waals surface area contributed by atoms with Gasteiger partial charge in [0.25, 0.3) is 0 Å². The fourth-order valence-corrected chi connectivity index (χ4v) is 3.12. The van der Waals surface area contributed by atoms with Crippen molar-refractivity contribution >= 4 is 37.5 Å². The average Bonchev–Trinajstić information content (AvgIpc) is 2.85. The summed E-state index contributed by atoms with van der Waals surface area (Å²) >= 11 is 3.33. The fourth-order valence-electron chi connectivity index (χ4n) is 2.77. The summed E-state index contributed by atoms with van der Waals surface area (Å²) in [5, 5.41) is -0.139. The second-order valence-electron chi connectivity index (χ2n) is 8.03. The van der Waals surface area contributed by atoms with Gasteiger partial charge in [-0.25, -0.2) is 4.79 Å². The van der Waals surface area contributed by atoms with E-state index in [9.17, 15) is 28.7 Å². The Hall–Kier alpha value is -0.690. The van der Waals surface area contributed by atoms with Gasteiger partial charge in [-0.05, 0) is 48.9 Å². The van der Waals surface area contributed by atoms with Gasteiger partial charge >= 0.3 is 71.1 Å². The molecule has 0 saturated heterocycles. The molecule has 0 heterocycles. The number of phosphoric acid groups is 1. The first-order valence-electron chi connectivity index (χ1n) is 12.7. The van der Waals surface area contributed by atoms with Gasteiger partial charge in [0, 0.05) is 29.3 Å². The molecule has 13 heteroatoms. The molecule has 230 valence electrons. The quantitative estimate of drug-likeness (QED) is 0.0396. The Morgan fingerprint density at radius 1 is 0.829 bits per heavy atom. The van der Waals surface area contributed by atoms with Crippen molar-refractivity contribution < 1.29 is 112 Å². The molecule has 0 aromatic carbocycles. The zero-order valence-electron chi connectivity index (χ0n) is 24.8. The molecule has 0 aromatic rings. The molecule has 0 saturated carbocycles. The van der Waals surface area contributed by atoms with Crippen molar-refractivity contribution in [3.05, 3.63) is 0 Å². The van der Waals surface area contributed by atoms with Crippen LogP contribution in [0.4, 0.5) is 0 Å². The van der Waals surface area contributed by atoms with Crippen LogP contribution in [-0.2, 0) is 32.9 Å². The van der Waals surface area contributed by atoms with Gasteiger partial charge in [0.2, 0.25) is 0 Å². The zero-order chi connectivity index (χ0) is 29.8. The number of carbonyl (C=O) groups is 3. The van der Waals surface area contributed by atoms with Crippen molar-refractivity contribution in [3.63, 3.8) is 0 Å². The molecule has 0 fully saturated rings. The Labute approximate surface area is 305 Å². The molecule has 0 aromatic heterocycles. The fraction of sp³-hybridized carbons (Fsp3) is 0.607. The number of rotatable bonds is 17. The summed E-state index contributed by atoms with van der Waals surface area (Å²) in [5.41, 5.74) is 0. The Morgan fingerprint density at radius 2 is 1.29 bits per heavy atom. The number of carbonyl (C=O) groups excluding carboxylic acids is 3. The number of hydrogen-bond acceptors (Lipinski definition) is 9. The van der Waals surface area contributed by atoms with Crippen molar-refractivity contribution in [1.82, 2.24) is 0 Å². The third-order valence-electron chi connectivity index (χ3n) is 4.45. The minimum atomic E-state index is -5.29. The Bertz CT molecular complexity index is 1060. The maximum Gasteiger partial charge on any atom is 1.00 e. The first kappa shape index (κ1) is 47.2. The molecule has 0 aliphatic rings. The Balaban J connectivity index is -0.000000110. The number of unbranched alkanes of at least 4 members (excludes halogenated alkanes) is 9. The summed E-state index contributed by atoms with van der Waals surface area (Å²) in [6, 6.07) is 0. The summed E-state index contributed by atoms with van der Waals surface area (Å²) < 4.78 is 24.9. The van der Waals surface area contributed by atoms with Gasteiger partial charge in [0.15, 0.2) is 11.2 Å². The summed E-state index contributed by atoms with van der Waals surface area (Å²) in [4.78, 5) is 54.5. The van der Waals surface area contributed by atoms with Crippen molar-refractivity contribution in [2.45, 2.75) is 97.5 Å². The molecule has 0 spiro atoms. The monoisotopic (exact) mass is 640 g/mol. The van der Waals surface area contributed by atoms with E-state index in [2.05, 4.69) is 71.4 Å². The minimum Gasteiger partial charge on any atom is -0.790 e. The van der Waals surface area contributed by atoms with Crippen LogP contribution in [0.25, 0.3) is 0 Å². The topological polar surface area (TPSA) is 142 Å². The number of esters is 2. The van der Waals surface area contributed by atoms with Crippen LogP contribution in [0.1, 0.15) is 101 Å². The second kappa shape index (κ2) is 33.8. The van der Waals surface area contributed by atoms with Gasteiger partial charge in [-0.2, -0.15) is 0 Å². The number of ether oxygens (including phenoxy) is 2. The molecule has 0 N–H and O–H groups in total. The third kappa shape index (κ3) is 43.9. The van der Waals surface area contributed by atoms with E-state index in [1.165, 1.54) is 45.4 Å². The molecular weight excluding hydrogens is 589 g/mol. The van der Waals surface area contributed by atoms with E-state index >= 15 is 0 Å². The van der Waals surface area contributed by atoms with Gasteiger partial charge in [0.05, 0.1) is 14.4 Å². The van der Waals surface area contributed by atoms with Crippen molar-refractivity contribution in [2.24, 2.45) is 0 Å². The van der Waals surface area contributed by atoms with E-state index in [1.807, 2.05) is 0 Å². The van der Waals surface area contributed by atoms with Crippen molar-refractivity contribution in [3.8, 4) is 47.4 Å². The zero-order valence-corrected chi connectivity index (χ0v) is 30.6. The van der Waals surface area contributed by atoms with Crippen LogP contribution >= 0.6 is 20.5 Å². The molecule has 0 amide bonds. The Morgan fingerprint density at radius 3 is 1.78 bits per heavy atom. The van der Waals surface area contributed by atoms with E-state index in [4.69, 9.17) is 9.47 Å². The average molecular weight is 641 g/mol. The summed E-state index contributed by atoms with van der Waals surface area (Å²) in [7, 11) is -5.29. The van der Waals surface area contributed by atoms with Gasteiger partial charge in [-0.3, -0.25) is 9.59 Å². The van der Waals surface area contributed by atoms with Gasteiger partial charge in [0.1, 0.15) is 6.61 Å². The van der Waals surface area contributed by atoms with Crippen molar-refractivity contribution in [1.29, 1.82) is 0 Å². The van der Waals surface area contributed by atoms with Crippen LogP contribution in [0, 0.1) is 47.4 Å². The molecular formula is C28H51Na2O9PS. The third-order valence-corrected chi connectivity index (χ3v) is 4.92. The maximum absolute atomic E-state index is 12.1. The van der Waals surface area contributed by atoms with Crippen LogP contribution in [0.15, 0.2) is 0 Å². The molecule has 0 bridgehead atoms. The molecule has 0 unspecified atom stereocenters. The largest absolute Gasteiger partial charge is 1.00 e.